The van der Waals surface area contributed by atoms with Crippen LogP contribution in [-0.2, 0) is 4.74 Å². The van der Waals surface area contributed by atoms with Gasteiger partial charge in [-0.3, -0.25) is 20.6 Å². The minimum atomic E-state index is 0.308. The van der Waals surface area contributed by atoms with Crippen molar-refractivity contribution < 1.29 is 19.4 Å². The van der Waals surface area contributed by atoms with Crippen LogP contribution in [0.2, 0.25) is 0 Å². The van der Waals surface area contributed by atoms with E-state index in [1.165, 1.54) is 0 Å². The van der Waals surface area contributed by atoms with Crippen LogP contribution in [-0.4, -0.2) is 67.4 Å². The van der Waals surface area contributed by atoms with Crippen LogP contribution in [0.5, 0.6) is 17.4 Å². The first-order chi connectivity index (χ1) is 13.7. The highest BCUT2D eigenvalue weighted by molar-refractivity contribution is 6.00. The number of nitrogens with one attached hydrogen (secondary N) is 1. The molecule has 1 aliphatic rings. The highest BCUT2D eigenvalue weighted by Crippen LogP contribution is 2.32. The summed E-state index contributed by atoms with van der Waals surface area (Å²) in [5, 5.41) is 9.62. The SMILES string of the molecule is COc1cc(C)ccc1Oc1ncccc1C(=NCCN1CCOCC1)NO. The zero-order chi connectivity index (χ0) is 19.8. The highest BCUT2D eigenvalue weighted by Gasteiger charge is 2.15. The molecule has 1 fully saturated rings. The van der Waals surface area contributed by atoms with Gasteiger partial charge in [-0.25, -0.2) is 4.98 Å². The van der Waals surface area contributed by atoms with E-state index in [9.17, 15) is 5.21 Å². The summed E-state index contributed by atoms with van der Waals surface area (Å²) in [5.74, 6) is 1.79. The number of amidine groups is 1. The standard InChI is InChI=1S/C20H26N4O4/c1-15-5-6-17(18(14-15)26-2)28-20-16(4-3-7-22-20)19(23-25)21-8-9-24-10-12-27-13-11-24/h3-7,14,25H,8-13H2,1-2H3,(H,21,23). The summed E-state index contributed by atoms with van der Waals surface area (Å²) in [7, 11) is 1.59. The molecule has 0 radical (unpaired) electrons. The van der Waals surface area contributed by atoms with Crippen LogP contribution in [0.4, 0.5) is 0 Å². The largest absolute Gasteiger partial charge is 0.493 e. The molecular weight excluding hydrogens is 360 g/mol. The average Bonchev–Trinajstić information content (AvgIpc) is 2.74. The van der Waals surface area contributed by atoms with E-state index in [1.54, 1.807) is 25.4 Å². The zero-order valence-electron chi connectivity index (χ0n) is 16.2. The molecule has 8 nitrogen and oxygen atoms in total. The van der Waals surface area contributed by atoms with Crippen LogP contribution in [0.3, 0.4) is 0 Å². The van der Waals surface area contributed by atoms with Gasteiger partial charge >= 0.3 is 0 Å². The first kappa shape index (κ1) is 20.1. The summed E-state index contributed by atoms with van der Waals surface area (Å²) in [6.07, 6.45) is 1.63. The third-order valence-corrected chi connectivity index (χ3v) is 4.45. The van der Waals surface area contributed by atoms with E-state index in [1.807, 2.05) is 25.1 Å². The topological polar surface area (TPSA) is 88.4 Å². The molecule has 8 heteroatoms. The van der Waals surface area contributed by atoms with E-state index in [0.717, 1.165) is 38.4 Å². The number of pyridine rings is 1. The van der Waals surface area contributed by atoms with Crippen LogP contribution in [0.25, 0.3) is 0 Å². The number of hydrogen-bond donors (Lipinski definition) is 2. The lowest BCUT2D eigenvalue weighted by Crippen LogP contribution is -2.38. The summed E-state index contributed by atoms with van der Waals surface area (Å²) >= 11 is 0. The Morgan fingerprint density at radius 3 is 2.86 bits per heavy atom. The Kier molecular flexibility index (Phi) is 7.18. The van der Waals surface area contributed by atoms with Crippen LogP contribution in [0.1, 0.15) is 11.1 Å². The second-order valence-corrected chi connectivity index (χ2v) is 6.41. The molecule has 0 saturated carbocycles. The van der Waals surface area contributed by atoms with Gasteiger partial charge in [0.25, 0.3) is 0 Å². The molecule has 0 unspecified atom stereocenters. The van der Waals surface area contributed by atoms with Crippen LogP contribution in [0, 0.1) is 6.92 Å². The molecule has 1 saturated heterocycles. The highest BCUT2D eigenvalue weighted by atomic mass is 16.5. The minimum absolute atomic E-state index is 0.308. The summed E-state index contributed by atoms with van der Waals surface area (Å²) in [4.78, 5) is 11.1. The average molecular weight is 386 g/mol. The number of rotatable bonds is 7. The number of nitrogens with zero attached hydrogens (tertiary/aromatic N) is 3. The molecule has 0 spiro atoms. The molecule has 0 amide bonds. The maximum absolute atomic E-state index is 9.62. The van der Waals surface area contributed by atoms with Gasteiger partial charge < -0.3 is 14.2 Å². The predicted molar refractivity (Wildman–Crippen MR) is 106 cm³/mol. The maximum atomic E-state index is 9.62. The number of morpholine rings is 1. The van der Waals surface area contributed by atoms with Gasteiger partial charge in [0.1, 0.15) is 0 Å². The molecule has 2 aromatic rings. The van der Waals surface area contributed by atoms with Crippen molar-refractivity contribution >= 4 is 5.84 Å². The van der Waals surface area contributed by atoms with Crippen LogP contribution >= 0.6 is 0 Å². The Morgan fingerprint density at radius 1 is 1.29 bits per heavy atom. The molecule has 1 aliphatic heterocycles. The lowest BCUT2D eigenvalue weighted by molar-refractivity contribution is 0.0394. The van der Waals surface area contributed by atoms with Crippen molar-refractivity contribution in [1.82, 2.24) is 15.4 Å². The van der Waals surface area contributed by atoms with Crippen molar-refractivity contribution in [3.8, 4) is 17.4 Å². The summed E-state index contributed by atoms with van der Waals surface area (Å²) in [6.45, 7) is 6.58. The van der Waals surface area contributed by atoms with Gasteiger partial charge in [-0.1, -0.05) is 6.07 Å². The van der Waals surface area contributed by atoms with Gasteiger partial charge in [0.15, 0.2) is 17.3 Å². The van der Waals surface area contributed by atoms with Gasteiger partial charge in [0, 0.05) is 25.8 Å². The van der Waals surface area contributed by atoms with Gasteiger partial charge in [-0.15, -0.1) is 0 Å². The van der Waals surface area contributed by atoms with Crippen molar-refractivity contribution in [2.24, 2.45) is 4.99 Å². The Labute approximate surface area is 164 Å². The van der Waals surface area contributed by atoms with Crippen molar-refractivity contribution in [3.63, 3.8) is 0 Å². The first-order valence-corrected chi connectivity index (χ1v) is 9.24. The van der Waals surface area contributed by atoms with Crippen molar-refractivity contribution in [2.75, 3.05) is 46.5 Å². The number of methoxy groups -OCH3 is 1. The van der Waals surface area contributed by atoms with Crippen LogP contribution in [0.15, 0.2) is 41.5 Å². The molecule has 2 heterocycles. The molecule has 3 rings (SSSR count). The smallest absolute Gasteiger partial charge is 0.230 e. The van der Waals surface area contributed by atoms with Gasteiger partial charge in [0.05, 0.1) is 32.4 Å². The second kappa shape index (κ2) is 10.0. The lowest BCUT2D eigenvalue weighted by atomic mass is 10.2. The number of ether oxygens (including phenoxy) is 3. The monoisotopic (exact) mass is 386 g/mol. The quantitative estimate of drug-likeness (QED) is 0.429. The summed E-state index contributed by atoms with van der Waals surface area (Å²) in [5.41, 5.74) is 3.80. The first-order valence-electron chi connectivity index (χ1n) is 9.24. The van der Waals surface area contributed by atoms with E-state index in [-0.39, 0.29) is 0 Å². The molecule has 0 atom stereocenters. The van der Waals surface area contributed by atoms with E-state index in [4.69, 9.17) is 14.2 Å². The predicted octanol–water partition coefficient (Wildman–Crippen LogP) is 2.25. The fourth-order valence-corrected chi connectivity index (χ4v) is 2.92. The fraction of sp³-hybridized carbons (Fsp3) is 0.400. The third-order valence-electron chi connectivity index (χ3n) is 4.45. The molecule has 0 bridgehead atoms. The van der Waals surface area contributed by atoms with E-state index in [2.05, 4.69) is 20.4 Å². The number of aliphatic imine (C=N–C) groups is 1. The number of hydroxylamine groups is 1. The Hall–Kier alpha value is -2.68. The Morgan fingerprint density at radius 2 is 2.11 bits per heavy atom. The lowest BCUT2D eigenvalue weighted by Gasteiger charge is -2.25. The third kappa shape index (κ3) is 5.19. The summed E-state index contributed by atoms with van der Waals surface area (Å²) < 4.78 is 16.7. The van der Waals surface area contributed by atoms with Gasteiger partial charge in [-0.2, -0.15) is 0 Å². The number of aryl methyl sites for hydroxylation is 1. The molecule has 1 aromatic heterocycles. The van der Waals surface area contributed by atoms with Crippen molar-refractivity contribution in [2.45, 2.75) is 6.92 Å². The normalized spacial score (nSPS) is 15.3. The number of benzene rings is 1. The van der Waals surface area contributed by atoms with E-state index < -0.39 is 0 Å². The molecule has 150 valence electrons. The number of hydrogen-bond acceptors (Lipinski definition) is 7. The Balaban J connectivity index is 1.76. The van der Waals surface area contributed by atoms with Gasteiger partial charge in [0.2, 0.25) is 5.88 Å². The molecule has 28 heavy (non-hydrogen) atoms. The minimum Gasteiger partial charge on any atom is -0.493 e. The van der Waals surface area contributed by atoms with E-state index >= 15 is 0 Å². The molecule has 1 aromatic carbocycles. The van der Waals surface area contributed by atoms with Crippen molar-refractivity contribution in [1.29, 1.82) is 0 Å². The number of aromatic nitrogens is 1. The van der Waals surface area contributed by atoms with Gasteiger partial charge in [-0.05, 0) is 36.8 Å². The Bertz CT molecular complexity index is 807. The van der Waals surface area contributed by atoms with Crippen molar-refractivity contribution in [3.05, 3.63) is 47.7 Å². The molecule has 0 aliphatic carbocycles. The maximum Gasteiger partial charge on any atom is 0.230 e. The van der Waals surface area contributed by atoms with E-state index in [0.29, 0.717) is 35.3 Å². The van der Waals surface area contributed by atoms with Crippen LogP contribution < -0.4 is 15.0 Å². The zero-order valence-corrected chi connectivity index (χ0v) is 16.2. The fourth-order valence-electron chi connectivity index (χ4n) is 2.92. The second-order valence-electron chi connectivity index (χ2n) is 6.41. The molecular formula is C20H26N4O4. The molecule has 2 N–H and O–H groups in total. The summed E-state index contributed by atoms with van der Waals surface area (Å²) in [6, 6.07) is 9.21.